The van der Waals surface area contributed by atoms with E-state index < -0.39 is 0 Å². The predicted octanol–water partition coefficient (Wildman–Crippen LogP) is 4.20. The zero-order chi connectivity index (χ0) is 18.4. The monoisotopic (exact) mass is 363 g/mol. The maximum atomic E-state index is 13.0. The number of hydrogen-bond donors (Lipinski definition) is 1. The normalized spacial score (nSPS) is 13.0. The lowest BCUT2D eigenvalue weighted by Crippen LogP contribution is -2.33. The molecule has 1 N–H and O–H groups in total. The number of carbonyl (C=O) groups is 1. The minimum atomic E-state index is -0.292. The maximum absolute atomic E-state index is 13.0. The minimum absolute atomic E-state index is 0.0865. The first-order valence-corrected chi connectivity index (χ1v) is 8.77. The van der Waals surface area contributed by atoms with Gasteiger partial charge in [-0.1, -0.05) is 12.1 Å². The highest BCUT2D eigenvalue weighted by atomic mass is 32.2. The predicted molar refractivity (Wildman–Crippen MR) is 97.8 cm³/mol. The molecule has 2 aromatic carbocycles. The van der Waals surface area contributed by atoms with E-state index in [1.54, 1.807) is 26.4 Å². The van der Waals surface area contributed by atoms with E-state index in [1.807, 2.05) is 32.0 Å². The average Bonchev–Trinajstić information content (AvgIpc) is 2.61. The highest BCUT2D eigenvalue weighted by molar-refractivity contribution is 8.00. The number of carbonyl (C=O) groups excluding carboxylic acids is 1. The Morgan fingerprint density at radius 3 is 2.28 bits per heavy atom. The molecule has 2 atom stereocenters. The first kappa shape index (κ1) is 19.1. The summed E-state index contributed by atoms with van der Waals surface area (Å²) in [5, 5.41) is 2.66. The Morgan fingerprint density at radius 2 is 1.68 bits per heavy atom. The van der Waals surface area contributed by atoms with E-state index in [1.165, 1.54) is 23.9 Å². The van der Waals surface area contributed by atoms with Crippen molar-refractivity contribution in [2.75, 3.05) is 14.2 Å². The summed E-state index contributed by atoms with van der Waals surface area (Å²) in [6, 6.07) is 11.5. The molecule has 0 saturated heterocycles. The lowest BCUT2D eigenvalue weighted by Gasteiger charge is -2.18. The molecule has 0 fully saturated rings. The zero-order valence-electron chi connectivity index (χ0n) is 14.7. The van der Waals surface area contributed by atoms with Gasteiger partial charge in [0.1, 0.15) is 5.82 Å². The average molecular weight is 363 g/mol. The van der Waals surface area contributed by atoms with Gasteiger partial charge in [-0.15, -0.1) is 11.8 Å². The van der Waals surface area contributed by atoms with Crippen molar-refractivity contribution in [2.24, 2.45) is 0 Å². The van der Waals surface area contributed by atoms with E-state index in [0.29, 0.717) is 11.5 Å². The number of hydrogen-bond acceptors (Lipinski definition) is 4. The van der Waals surface area contributed by atoms with Gasteiger partial charge in [-0.3, -0.25) is 4.79 Å². The smallest absolute Gasteiger partial charge is 0.233 e. The summed E-state index contributed by atoms with van der Waals surface area (Å²) in [6.45, 7) is 3.72. The summed E-state index contributed by atoms with van der Waals surface area (Å²) in [4.78, 5) is 13.3. The number of methoxy groups -OCH3 is 2. The summed E-state index contributed by atoms with van der Waals surface area (Å²) in [6.07, 6.45) is 0. The van der Waals surface area contributed by atoms with Crippen molar-refractivity contribution >= 4 is 17.7 Å². The third-order valence-electron chi connectivity index (χ3n) is 3.77. The van der Waals surface area contributed by atoms with Crippen LogP contribution in [0.25, 0.3) is 0 Å². The van der Waals surface area contributed by atoms with Gasteiger partial charge < -0.3 is 14.8 Å². The molecule has 0 aliphatic heterocycles. The molecule has 4 nitrogen and oxygen atoms in total. The topological polar surface area (TPSA) is 47.6 Å². The summed E-state index contributed by atoms with van der Waals surface area (Å²) in [7, 11) is 3.16. The van der Waals surface area contributed by atoms with Crippen molar-refractivity contribution in [1.82, 2.24) is 5.32 Å². The van der Waals surface area contributed by atoms with Gasteiger partial charge in [0.2, 0.25) is 5.91 Å². The SMILES string of the molecule is COc1ccc(S[C@@H](C)C(=O)N[C@@H](C)c2ccc(F)cc2)cc1OC. The second-order valence-electron chi connectivity index (χ2n) is 5.56. The second kappa shape index (κ2) is 8.76. The molecule has 0 saturated carbocycles. The summed E-state index contributed by atoms with van der Waals surface area (Å²) >= 11 is 1.43. The first-order chi connectivity index (χ1) is 11.9. The number of amides is 1. The van der Waals surface area contributed by atoms with E-state index in [0.717, 1.165) is 10.5 Å². The molecule has 0 spiro atoms. The number of nitrogens with one attached hydrogen (secondary N) is 1. The van der Waals surface area contributed by atoms with Gasteiger partial charge >= 0.3 is 0 Å². The lowest BCUT2D eigenvalue weighted by atomic mass is 10.1. The van der Waals surface area contributed by atoms with Gasteiger partial charge in [0, 0.05) is 4.90 Å². The Morgan fingerprint density at radius 1 is 1.04 bits per heavy atom. The number of halogens is 1. The van der Waals surface area contributed by atoms with Crippen LogP contribution in [0.1, 0.15) is 25.5 Å². The van der Waals surface area contributed by atoms with Crippen LogP contribution in [-0.4, -0.2) is 25.4 Å². The molecule has 134 valence electrons. The molecule has 0 unspecified atom stereocenters. The number of rotatable bonds is 7. The quantitative estimate of drug-likeness (QED) is 0.749. The molecular weight excluding hydrogens is 341 g/mol. The molecule has 0 aliphatic rings. The van der Waals surface area contributed by atoms with Crippen LogP contribution in [0.2, 0.25) is 0 Å². The van der Waals surface area contributed by atoms with Gasteiger partial charge in [-0.05, 0) is 49.7 Å². The largest absolute Gasteiger partial charge is 0.493 e. The Hall–Kier alpha value is -2.21. The third-order valence-corrected chi connectivity index (χ3v) is 4.86. The van der Waals surface area contributed by atoms with Crippen molar-refractivity contribution in [3.05, 3.63) is 53.8 Å². The van der Waals surface area contributed by atoms with Gasteiger partial charge in [0.25, 0.3) is 0 Å². The van der Waals surface area contributed by atoms with Crippen molar-refractivity contribution in [3.63, 3.8) is 0 Å². The van der Waals surface area contributed by atoms with Gasteiger partial charge in [-0.2, -0.15) is 0 Å². The minimum Gasteiger partial charge on any atom is -0.493 e. The van der Waals surface area contributed by atoms with Crippen LogP contribution < -0.4 is 14.8 Å². The Bertz CT molecular complexity index is 721. The molecule has 0 bridgehead atoms. The second-order valence-corrected chi connectivity index (χ2v) is 6.97. The van der Waals surface area contributed by atoms with Crippen LogP contribution in [-0.2, 0) is 4.79 Å². The van der Waals surface area contributed by atoms with Crippen LogP contribution in [0.3, 0.4) is 0 Å². The Kier molecular flexibility index (Phi) is 6.70. The number of benzene rings is 2. The summed E-state index contributed by atoms with van der Waals surface area (Å²) in [5.74, 6) is 0.893. The maximum Gasteiger partial charge on any atom is 0.233 e. The molecule has 0 radical (unpaired) electrons. The molecule has 0 heterocycles. The van der Waals surface area contributed by atoms with Crippen molar-refractivity contribution < 1.29 is 18.7 Å². The fourth-order valence-corrected chi connectivity index (χ4v) is 3.22. The van der Waals surface area contributed by atoms with Crippen molar-refractivity contribution in [1.29, 1.82) is 0 Å². The molecular formula is C19H22FNO3S. The fourth-order valence-electron chi connectivity index (χ4n) is 2.31. The summed E-state index contributed by atoms with van der Waals surface area (Å²) < 4.78 is 23.5. The first-order valence-electron chi connectivity index (χ1n) is 7.89. The molecule has 0 aromatic heterocycles. The molecule has 0 aliphatic carbocycles. The number of ether oxygens (including phenoxy) is 2. The van der Waals surface area contributed by atoms with E-state index >= 15 is 0 Å². The van der Waals surface area contributed by atoms with E-state index in [4.69, 9.17) is 9.47 Å². The van der Waals surface area contributed by atoms with Crippen LogP contribution in [0.4, 0.5) is 4.39 Å². The van der Waals surface area contributed by atoms with E-state index in [-0.39, 0.29) is 23.0 Å². The fraction of sp³-hybridized carbons (Fsp3) is 0.316. The van der Waals surface area contributed by atoms with Crippen molar-refractivity contribution in [3.8, 4) is 11.5 Å². The lowest BCUT2D eigenvalue weighted by molar-refractivity contribution is -0.120. The molecule has 2 aromatic rings. The van der Waals surface area contributed by atoms with Crippen LogP contribution in [0.5, 0.6) is 11.5 Å². The van der Waals surface area contributed by atoms with Crippen LogP contribution >= 0.6 is 11.8 Å². The summed E-state index contributed by atoms with van der Waals surface area (Å²) in [5.41, 5.74) is 0.859. The molecule has 6 heteroatoms. The Labute approximate surface area is 151 Å². The highest BCUT2D eigenvalue weighted by Gasteiger charge is 2.18. The number of thioether (sulfide) groups is 1. The van der Waals surface area contributed by atoms with Gasteiger partial charge in [0.05, 0.1) is 25.5 Å². The van der Waals surface area contributed by atoms with Gasteiger partial charge in [-0.25, -0.2) is 4.39 Å². The molecule has 1 amide bonds. The van der Waals surface area contributed by atoms with E-state index in [9.17, 15) is 9.18 Å². The van der Waals surface area contributed by atoms with E-state index in [2.05, 4.69) is 5.32 Å². The van der Waals surface area contributed by atoms with Gasteiger partial charge in [0.15, 0.2) is 11.5 Å². The third kappa shape index (κ3) is 5.13. The van der Waals surface area contributed by atoms with Crippen molar-refractivity contribution in [2.45, 2.75) is 30.0 Å². The molecule has 25 heavy (non-hydrogen) atoms. The highest BCUT2D eigenvalue weighted by Crippen LogP contribution is 2.33. The zero-order valence-corrected chi connectivity index (χ0v) is 15.5. The standard InChI is InChI=1S/C19H22FNO3S/c1-12(14-5-7-15(20)8-6-14)21-19(22)13(2)25-16-9-10-17(23-3)18(11-16)24-4/h5-13H,1-4H3,(H,21,22)/t12-,13-/m0/s1. The van der Waals surface area contributed by atoms with Crippen LogP contribution in [0.15, 0.2) is 47.4 Å². The van der Waals surface area contributed by atoms with Crippen LogP contribution in [0, 0.1) is 5.82 Å². The Balaban J connectivity index is 1.99. The molecule has 2 rings (SSSR count).